The largest absolute Gasteiger partial charge is 0.493 e. The Hall–Kier alpha value is -3.24. The van der Waals surface area contributed by atoms with Gasteiger partial charge in [0.25, 0.3) is 0 Å². The maximum Gasteiger partial charge on any atom is 0.490 e. The number of rotatable bonds is 6. The van der Waals surface area contributed by atoms with Crippen LogP contribution < -0.4 is 9.46 Å². The number of nitrogens with one attached hydrogen (secondary N) is 1. The molecule has 4 aromatic rings. The van der Waals surface area contributed by atoms with E-state index in [1.54, 1.807) is 29.5 Å². The van der Waals surface area contributed by atoms with Crippen molar-refractivity contribution in [3.8, 4) is 27.3 Å². The van der Waals surface area contributed by atoms with E-state index < -0.39 is 16.5 Å². The molecule has 0 bridgehead atoms. The molecule has 1 aliphatic heterocycles. The van der Waals surface area contributed by atoms with Crippen molar-refractivity contribution in [1.29, 1.82) is 0 Å². The van der Waals surface area contributed by atoms with Crippen LogP contribution in [0.4, 0.5) is 18.9 Å². The lowest BCUT2D eigenvalue weighted by Gasteiger charge is -2.26. The van der Waals surface area contributed by atoms with Crippen molar-refractivity contribution in [2.45, 2.75) is 39.1 Å². The predicted octanol–water partition coefficient (Wildman–Crippen LogP) is 7.60. The molecule has 0 aliphatic carbocycles. The van der Waals surface area contributed by atoms with E-state index in [0.717, 1.165) is 39.5 Å². The van der Waals surface area contributed by atoms with Crippen LogP contribution in [0, 0.1) is 12.8 Å². The zero-order valence-corrected chi connectivity index (χ0v) is 22.8. The van der Waals surface area contributed by atoms with Crippen molar-refractivity contribution >= 4 is 28.0 Å². The Balaban J connectivity index is 0.00000164. The van der Waals surface area contributed by atoms with E-state index in [9.17, 15) is 17.4 Å². The van der Waals surface area contributed by atoms with Gasteiger partial charge in [-0.25, -0.2) is 9.19 Å². The molecule has 0 radical (unpaired) electrons. The molecule has 1 N–H and O–H groups in total. The average Bonchev–Trinajstić information content (AvgIpc) is 3.36. The number of hydrogen-bond donors (Lipinski definition) is 1. The van der Waals surface area contributed by atoms with E-state index in [1.807, 2.05) is 57.4 Å². The molecule has 3 heterocycles. The van der Waals surface area contributed by atoms with Gasteiger partial charge in [-0.1, -0.05) is 50.2 Å². The highest BCUT2D eigenvalue weighted by Crippen LogP contribution is 2.36. The lowest BCUT2D eigenvalue weighted by Crippen LogP contribution is -2.23. The maximum absolute atomic E-state index is 12.8. The minimum Gasteiger partial charge on any atom is -0.493 e. The summed E-state index contributed by atoms with van der Waals surface area (Å²) in [6.45, 7) is 6.50. The third-order valence-electron chi connectivity index (χ3n) is 5.93. The van der Waals surface area contributed by atoms with E-state index in [4.69, 9.17) is 4.74 Å². The Morgan fingerprint density at radius 2 is 1.82 bits per heavy atom. The molecule has 5 rings (SSSR count). The summed E-state index contributed by atoms with van der Waals surface area (Å²) in [5.74, 6) is 0.967. The molecule has 2 aromatic carbocycles. The number of benzene rings is 2. The minimum atomic E-state index is -4.85. The number of nitrogens with zero attached hydrogens (tertiary/aromatic N) is 2. The number of ether oxygens (including phenoxy) is 1. The Kier molecular flexibility index (Phi) is 8.83. The quantitative estimate of drug-likeness (QED) is 0.264. The van der Waals surface area contributed by atoms with Crippen molar-refractivity contribution in [2.24, 2.45) is 5.92 Å². The zero-order valence-electron chi connectivity index (χ0n) is 21.2. The number of alkyl halides is 3. The van der Waals surface area contributed by atoms with Gasteiger partial charge >= 0.3 is 5.51 Å². The van der Waals surface area contributed by atoms with Crippen molar-refractivity contribution in [3.63, 3.8) is 0 Å². The monoisotopic (exact) mass is 559 g/mol. The lowest BCUT2D eigenvalue weighted by molar-refractivity contribution is -0.0379. The molecule has 10 heteroatoms. The van der Waals surface area contributed by atoms with Gasteiger partial charge in [-0.05, 0) is 49.1 Å². The number of anilines is 1. The first-order valence-electron chi connectivity index (χ1n) is 12.2. The average molecular weight is 560 g/mol. The van der Waals surface area contributed by atoms with Crippen LogP contribution in [0.2, 0.25) is 0 Å². The molecule has 1 unspecified atom stereocenters. The molecule has 5 nitrogen and oxygen atoms in total. The van der Waals surface area contributed by atoms with Gasteiger partial charge in [-0.2, -0.15) is 13.2 Å². The second-order valence-electron chi connectivity index (χ2n) is 8.55. The fraction of sp³-hybridized carbons (Fsp3) is 0.286. The number of pyridine rings is 1. The van der Waals surface area contributed by atoms with Crippen LogP contribution in [-0.2, 0) is 23.8 Å². The van der Waals surface area contributed by atoms with Gasteiger partial charge in [0.05, 0.1) is 22.2 Å². The highest BCUT2D eigenvalue weighted by Gasteiger charge is 2.37. The first-order valence-corrected chi connectivity index (χ1v) is 14.2. The Morgan fingerprint density at radius 1 is 1.05 bits per heavy atom. The summed E-state index contributed by atoms with van der Waals surface area (Å²) in [6.07, 6.45) is 5.33. The fourth-order valence-electron chi connectivity index (χ4n) is 4.20. The zero-order chi connectivity index (χ0) is 27.3. The highest BCUT2D eigenvalue weighted by atomic mass is 32.2. The smallest absolute Gasteiger partial charge is 0.490 e. The summed E-state index contributed by atoms with van der Waals surface area (Å²) in [4.78, 5) is 10.0. The predicted molar refractivity (Wildman–Crippen MR) is 148 cm³/mol. The summed E-state index contributed by atoms with van der Waals surface area (Å²) in [6, 6.07) is 16.2. The van der Waals surface area contributed by atoms with Crippen molar-refractivity contribution in [1.82, 2.24) is 9.97 Å². The Labute approximate surface area is 226 Å². The van der Waals surface area contributed by atoms with Crippen LogP contribution in [0.1, 0.15) is 30.1 Å². The third-order valence-corrected chi connectivity index (χ3v) is 7.72. The molecule has 0 saturated carbocycles. The van der Waals surface area contributed by atoms with Gasteiger partial charge < -0.3 is 4.74 Å². The van der Waals surface area contributed by atoms with Crippen LogP contribution in [0.25, 0.3) is 21.6 Å². The lowest BCUT2D eigenvalue weighted by atomic mass is 9.91. The Bertz CT molecular complexity index is 1410. The SMILES string of the molecule is CC.Cc1ncc(-c2ccc(C[C@H]3COc4cc(-c5ccccc5NS(=O)C(F)(F)F)ccc4C3)nc2)s1. The van der Waals surface area contributed by atoms with Gasteiger partial charge in [0.15, 0.2) is 0 Å². The third kappa shape index (κ3) is 6.60. The highest BCUT2D eigenvalue weighted by molar-refractivity contribution is 7.87. The van der Waals surface area contributed by atoms with Crippen LogP contribution in [-0.4, -0.2) is 26.3 Å². The van der Waals surface area contributed by atoms with Gasteiger partial charge in [-0.3, -0.25) is 9.71 Å². The summed E-state index contributed by atoms with van der Waals surface area (Å²) in [7, 11) is -3.20. The van der Waals surface area contributed by atoms with Crippen LogP contribution >= 0.6 is 11.3 Å². The second-order valence-corrected chi connectivity index (χ2v) is 11.0. The molecular formula is C28H28F3N3O2S2. The standard InChI is InChI=1S/C26H22F3N3O2S2.C2H6/c1-16-30-14-25(35-16)20-8-9-21(31-13-20)11-17-10-19-7-6-18(12-24(19)34-15-17)22-4-2-3-5-23(22)32-36(33)26(27,28)29;1-2/h2-9,12-14,17,32H,10-11,15H2,1H3;1-2H3/t17-,36?;/m0./s1. The molecule has 0 saturated heterocycles. The molecule has 38 heavy (non-hydrogen) atoms. The number of aryl methyl sites for hydroxylation is 1. The first-order chi connectivity index (χ1) is 18.3. The van der Waals surface area contributed by atoms with E-state index in [-0.39, 0.29) is 11.6 Å². The summed E-state index contributed by atoms with van der Waals surface area (Å²) >= 11 is 1.64. The maximum atomic E-state index is 12.8. The molecule has 0 fully saturated rings. The van der Waals surface area contributed by atoms with E-state index in [1.165, 1.54) is 6.07 Å². The summed E-state index contributed by atoms with van der Waals surface area (Å²) in [5, 5.41) is 1.02. The topological polar surface area (TPSA) is 64.1 Å². The van der Waals surface area contributed by atoms with Crippen LogP contribution in [0.3, 0.4) is 0 Å². The molecule has 1 aliphatic rings. The second kappa shape index (κ2) is 12.1. The van der Waals surface area contributed by atoms with Crippen LogP contribution in [0.15, 0.2) is 67.0 Å². The van der Waals surface area contributed by atoms with Crippen molar-refractivity contribution in [3.05, 3.63) is 83.3 Å². The summed E-state index contributed by atoms with van der Waals surface area (Å²) in [5.41, 5.74) is -0.423. The number of thiazole rings is 1. The molecule has 2 atom stereocenters. The van der Waals surface area contributed by atoms with Gasteiger partial charge in [0.1, 0.15) is 5.75 Å². The van der Waals surface area contributed by atoms with Gasteiger partial charge in [-0.15, -0.1) is 11.3 Å². The number of aromatic nitrogens is 2. The molecule has 0 amide bonds. The van der Waals surface area contributed by atoms with E-state index in [0.29, 0.717) is 23.5 Å². The van der Waals surface area contributed by atoms with Crippen molar-refractivity contribution < 1.29 is 22.1 Å². The number of fused-ring (bicyclic) bond motifs is 1. The van der Waals surface area contributed by atoms with Crippen molar-refractivity contribution in [2.75, 3.05) is 11.3 Å². The molecular weight excluding hydrogens is 531 g/mol. The van der Waals surface area contributed by atoms with Crippen LogP contribution in [0.5, 0.6) is 5.75 Å². The normalized spacial score (nSPS) is 15.5. The molecule has 2 aromatic heterocycles. The molecule has 0 spiro atoms. The van der Waals surface area contributed by atoms with Gasteiger partial charge in [0, 0.05) is 35.1 Å². The van der Waals surface area contributed by atoms with E-state index in [2.05, 4.69) is 20.8 Å². The van der Waals surface area contributed by atoms with Gasteiger partial charge in [0.2, 0.25) is 11.0 Å². The van der Waals surface area contributed by atoms with E-state index >= 15 is 0 Å². The number of hydrogen-bond acceptors (Lipinski definition) is 5. The molecule has 200 valence electrons. The number of para-hydroxylation sites is 1. The minimum absolute atomic E-state index is 0.143. The number of halogens is 3. The first kappa shape index (κ1) is 27.8. The Morgan fingerprint density at radius 3 is 2.50 bits per heavy atom. The summed E-state index contributed by atoms with van der Waals surface area (Å²) < 4.78 is 58.1. The fourth-order valence-corrected chi connectivity index (χ4v) is 5.46.